The molecule has 0 saturated carbocycles. The minimum Gasteiger partial charge on any atom is -0.400 e. The first-order valence-corrected chi connectivity index (χ1v) is 9.16. The van der Waals surface area contributed by atoms with Gasteiger partial charge in [-0.05, 0) is 50.9 Å². The number of benzene rings is 1. The Morgan fingerprint density at radius 3 is 2.48 bits per heavy atom. The highest BCUT2D eigenvalue weighted by Crippen LogP contribution is 2.39. The third kappa shape index (κ3) is 3.81. The summed E-state index contributed by atoms with van der Waals surface area (Å²) in [7, 11) is -0.482. The Morgan fingerprint density at radius 1 is 1.20 bits per heavy atom. The summed E-state index contributed by atoms with van der Waals surface area (Å²) in [5.74, 6) is 0.517. The van der Waals surface area contributed by atoms with Gasteiger partial charge >= 0.3 is 7.12 Å². The molecular formula is C17H22BN3O3S. The molecule has 2 heterocycles. The summed E-state index contributed by atoms with van der Waals surface area (Å²) in [5, 5.41) is 10.9. The number of aromatic nitrogens is 3. The van der Waals surface area contributed by atoms with Gasteiger partial charge in [-0.3, -0.25) is 4.79 Å². The highest BCUT2D eigenvalue weighted by Gasteiger charge is 2.52. The van der Waals surface area contributed by atoms with Crippen LogP contribution in [0, 0.1) is 0 Å². The van der Waals surface area contributed by atoms with Crippen molar-refractivity contribution < 1.29 is 14.1 Å². The lowest BCUT2D eigenvalue weighted by atomic mass is 9.78. The number of rotatable bonds is 4. The minimum atomic E-state index is -0.482. The quantitative estimate of drug-likeness (QED) is 0.845. The Hall–Kier alpha value is -1.64. The van der Waals surface area contributed by atoms with E-state index in [0.29, 0.717) is 5.75 Å². The molecule has 1 fully saturated rings. The van der Waals surface area contributed by atoms with E-state index in [1.54, 1.807) is 6.92 Å². The summed E-state index contributed by atoms with van der Waals surface area (Å²) in [6.45, 7) is 9.64. The van der Waals surface area contributed by atoms with Crippen LogP contribution in [0.4, 0.5) is 0 Å². The molecular weight excluding hydrogens is 337 g/mol. The second-order valence-corrected chi connectivity index (χ2v) is 8.31. The lowest BCUT2D eigenvalue weighted by molar-refractivity contribution is -0.109. The molecule has 0 spiro atoms. The zero-order valence-corrected chi connectivity index (χ0v) is 15.9. The summed E-state index contributed by atoms with van der Waals surface area (Å²) >= 11 is 1.25. The van der Waals surface area contributed by atoms with E-state index in [-0.39, 0.29) is 5.12 Å². The first-order chi connectivity index (χ1) is 11.7. The molecule has 2 aromatic rings. The van der Waals surface area contributed by atoms with Crippen LogP contribution in [0.5, 0.6) is 0 Å². The van der Waals surface area contributed by atoms with Crippen LogP contribution < -0.4 is 0 Å². The van der Waals surface area contributed by atoms with E-state index in [1.165, 1.54) is 11.8 Å². The van der Waals surface area contributed by atoms with Gasteiger partial charge in [0.2, 0.25) is 0 Å². The molecule has 132 valence electrons. The van der Waals surface area contributed by atoms with Gasteiger partial charge < -0.3 is 9.31 Å². The maximum atomic E-state index is 11.4. The molecule has 1 aliphatic heterocycles. The predicted octanol–water partition coefficient (Wildman–Crippen LogP) is 3.25. The van der Waals surface area contributed by atoms with Gasteiger partial charge in [-0.2, -0.15) is 15.4 Å². The standard InChI is InChI=1S/C17H22BN3O3S/c1-11(22)25-10-13(18-23-16(2,3)17(4,5)24-18)8-12-6-7-14-15(9-12)20-21-19-14/h6-9H,10H2,1-5H3,(H,19,20,21). The molecule has 3 rings (SSSR count). The molecule has 6 nitrogen and oxygen atoms in total. The van der Waals surface area contributed by atoms with E-state index in [9.17, 15) is 4.79 Å². The molecule has 0 bridgehead atoms. The second kappa shape index (κ2) is 6.59. The number of carbonyl (C=O) groups excluding carboxylic acids is 1. The lowest BCUT2D eigenvalue weighted by Crippen LogP contribution is -2.41. The van der Waals surface area contributed by atoms with Crippen LogP contribution in [0.25, 0.3) is 17.1 Å². The first-order valence-electron chi connectivity index (χ1n) is 8.18. The number of nitrogens with zero attached hydrogens (tertiary/aromatic N) is 2. The predicted molar refractivity (Wildman–Crippen MR) is 101 cm³/mol. The summed E-state index contributed by atoms with van der Waals surface area (Å²) in [6.07, 6.45) is 2.01. The average molecular weight is 359 g/mol. The molecule has 1 aromatic carbocycles. The van der Waals surface area contributed by atoms with Gasteiger partial charge in [0, 0.05) is 12.7 Å². The van der Waals surface area contributed by atoms with Gasteiger partial charge in [0.15, 0.2) is 5.12 Å². The molecule has 0 atom stereocenters. The monoisotopic (exact) mass is 359 g/mol. The van der Waals surface area contributed by atoms with Crippen LogP contribution >= 0.6 is 11.8 Å². The number of hydrogen-bond acceptors (Lipinski definition) is 6. The number of hydrogen-bond donors (Lipinski definition) is 1. The number of aromatic amines is 1. The third-order valence-corrected chi connectivity index (χ3v) is 5.57. The third-order valence-electron chi connectivity index (χ3n) is 4.69. The number of thioether (sulfide) groups is 1. The Labute approximate surface area is 151 Å². The van der Waals surface area contributed by atoms with E-state index < -0.39 is 18.3 Å². The topological polar surface area (TPSA) is 77.1 Å². The van der Waals surface area contributed by atoms with Gasteiger partial charge in [-0.25, -0.2) is 0 Å². The van der Waals surface area contributed by atoms with Gasteiger partial charge in [-0.15, -0.1) is 0 Å². The van der Waals surface area contributed by atoms with Crippen LogP contribution in [-0.2, 0) is 14.1 Å². The van der Waals surface area contributed by atoms with Gasteiger partial charge in [-0.1, -0.05) is 23.9 Å². The molecule has 0 radical (unpaired) electrons. The van der Waals surface area contributed by atoms with Crippen LogP contribution in [0.2, 0.25) is 0 Å². The highest BCUT2D eigenvalue weighted by atomic mass is 32.2. The SMILES string of the molecule is CC(=O)SCC(=Cc1ccc2n[nH]nc2c1)B1OC(C)(C)C(C)(C)O1. The minimum absolute atomic E-state index is 0.0642. The molecule has 0 unspecified atom stereocenters. The zero-order valence-electron chi connectivity index (χ0n) is 15.1. The van der Waals surface area contributed by atoms with Crippen molar-refractivity contribution in [1.82, 2.24) is 15.4 Å². The van der Waals surface area contributed by atoms with Crippen LogP contribution in [0.3, 0.4) is 0 Å². The van der Waals surface area contributed by atoms with Crippen molar-refractivity contribution in [2.75, 3.05) is 5.75 Å². The fraction of sp³-hybridized carbons (Fsp3) is 0.471. The molecule has 25 heavy (non-hydrogen) atoms. The molecule has 0 aliphatic carbocycles. The molecule has 8 heteroatoms. The van der Waals surface area contributed by atoms with Gasteiger partial charge in [0.05, 0.1) is 11.2 Å². The van der Waals surface area contributed by atoms with Crippen molar-refractivity contribution >= 4 is 41.1 Å². The summed E-state index contributed by atoms with van der Waals surface area (Å²) in [5.41, 5.74) is 2.65. The van der Waals surface area contributed by atoms with Crippen molar-refractivity contribution in [1.29, 1.82) is 0 Å². The number of nitrogens with one attached hydrogen (secondary N) is 1. The van der Waals surface area contributed by atoms with E-state index in [2.05, 4.69) is 15.4 Å². The summed E-state index contributed by atoms with van der Waals surface area (Å²) in [6, 6.07) is 5.82. The summed E-state index contributed by atoms with van der Waals surface area (Å²) < 4.78 is 12.3. The number of carbonyl (C=O) groups is 1. The Balaban J connectivity index is 1.92. The first kappa shape index (κ1) is 18.2. The molecule has 1 saturated heterocycles. The molecule has 1 N–H and O–H groups in total. The van der Waals surface area contributed by atoms with E-state index in [0.717, 1.165) is 22.1 Å². The lowest BCUT2D eigenvalue weighted by Gasteiger charge is -2.32. The Kier molecular flexibility index (Phi) is 4.79. The largest absolute Gasteiger partial charge is 0.491 e. The molecule has 0 amide bonds. The van der Waals surface area contributed by atoms with Crippen molar-refractivity contribution in [2.24, 2.45) is 0 Å². The van der Waals surface area contributed by atoms with E-state index >= 15 is 0 Å². The van der Waals surface area contributed by atoms with E-state index in [4.69, 9.17) is 9.31 Å². The van der Waals surface area contributed by atoms with Crippen LogP contribution in [0.15, 0.2) is 23.7 Å². The van der Waals surface area contributed by atoms with Crippen molar-refractivity contribution in [3.05, 3.63) is 29.2 Å². The molecule has 1 aromatic heterocycles. The second-order valence-electron chi connectivity index (χ2n) is 7.16. The summed E-state index contributed by atoms with van der Waals surface area (Å²) in [4.78, 5) is 11.4. The molecule has 1 aliphatic rings. The number of H-pyrrole nitrogens is 1. The van der Waals surface area contributed by atoms with E-state index in [1.807, 2.05) is 52.0 Å². The maximum absolute atomic E-state index is 11.4. The average Bonchev–Trinajstić information content (AvgIpc) is 3.05. The van der Waals surface area contributed by atoms with Gasteiger partial charge in [0.1, 0.15) is 11.0 Å². The smallest absolute Gasteiger partial charge is 0.400 e. The zero-order chi connectivity index (χ0) is 18.2. The van der Waals surface area contributed by atoms with Crippen molar-refractivity contribution in [3.63, 3.8) is 0 Å². The van der Waals surface area contributed by atoms with Crippen molar-refractivity contribution in [2.45, 2.75) is 45.8 Å². The van der Waals surface area contributed by atoms with Crippen LogP contribution in [0.1, 0.15) is 40.2 Å². The fourth-order valence-corrected chi connectivity index (χ4v) is 3.11. The highest BCUT2D eigenvalue weighted by molar-refractivity contribution is 8.13. The van der Waals surface area contributed by atoms with Crippen LogP contribution in [-0.4, -0.2) is 44.6 Å². The number of fused-ring (bicyclic) bond motifs is 1. The Morgan fingerprint density at radius 2 is 1.84 bits per heavy atom. The normalized spacial score (nSPS) is 19.6. The Bertz CT molecular complexity index is 815. The van der Waals surface area contributed by atoms with Gasteiger partial charge in [0.25, 0.3) is 0 Å². The van der Waals surface area contributed by atoms with Crippen molar-refractivity contribution in [3.8, 4) is 0 Å². The fourth-order valence-electron chi connectivity index (χ4n) is 2.52. The maximum Gasteiger partial charge on any atom is 0.491 e.